The maximum Gasteiger partial charge on any atom is 0.317 e. The molecule has 2 aliphatic heterocycles. The van der Waals surface area contributed by atoms with Gasteiger partial charge in [-0.25, -0.2) is 4.79 Å². The summed E-state index contributed by atoms with van der Waals surface area (Å²) in [5, 5.41) is 2.69. The number of rotatable bonds is 4. The van der Waals surface area contributed by atoms with Crippen LogP contribution in [0.5, 0.6) is 0 Å². The Hall–Kier alpha value is -2.57. The Morgan fingerprint density at radius 2 is 1.86 bits per heavy atom. The fourth-order valence-electron chi connectivity index (χ4n) is 4.28. The molecule has 2 fully saturated rings. The molecular formula is C22H31N3O4. The second kappa shape index (κ2) is 9.76. The van der Waals surface area contributed by atoms with Crippen LogP contribution >= 0.6 is 0 Å². The molecule has 2 heterocycles. The minimum Gasteiger partial charge on any atom is -0.466 e. The van der Waals surface area contributed by atoms with Crippen LogP contribution in [0.3, 0.4) is 0 Å². The van der Waals surface area contributed by atoms with Crippen molar-refractivity contribution in [1.82, 2.24) is 15.1 Å². The van der Waals surface area contributed by atoms with Gasteiger partial charge in [0, 0.05) is 44.7 Å². The number of carbonyl (C=O) groups is 3. The van der Waals surface area contributed by atoms with E-state index in [1.807, 2.05) is 41.0 Å². The highest BCUT2D eigenvalue weighted by Gasteiger charge is 2.29. The standard InChI is InChI=1S/C22H31N3O4/c1-3-29-21(27)16-9-12-24(13-10-16)20(26)18-7-4-6-17(14-18)19-8-5-11-25(15-19)22(28)23-2/h4,6-7,14,16,19H,3,5,8-13,15H2,1-2H3,(H,23,28). The number of hydrogen-bond donors (Lipinski definition) is 1. The van der Waals surface area contributed by atoms with E-state index in [0.717, 1.165) is 24.9 Å². The maximum atomic E-state index is 13.0. The van der Waals surface area contributed by atoms with Crippen molar-refractivity contribution in [2.75, 3.05) is 39.8 Å². The number of benzene rings is 1. The van der Waals surface area contributed by atoms with Crippen molar-refractivity contribution >= 4 is 17.9 Å². The van der Waals surface area contributed by atoms with Crippen molar-refractivity contribution in [2.45, 2.75) is 38.5 Å². The molecule has 7 heteroatoms. The van der Waals surface area contributed by atoms with Gasteiger partial charge in [0.15, 0.2) is 0 Å². The number of ether oxygens (including phenoxy) is 1. The van der Waals surface area contributed by atoms with Crippen LogP contribution in [-0.2, 0) is 9.53 Å². The minimum absolute atomic E-state index is 0.00752. The Balaban J connectivity index is 1.63. The predicted molar refractivity (Wildman–Crippen MR) is 110 cm³/mol. The molecule has 3 rings (SSSR count). The van der Waals surface area contributed by atoms with E-state index in [4.69, 9.17) is 4.74 Å². The first kappa shape index (κ1) is 21.1. The van der Waals surface area contributed by atoms with Crippen molar-refractivity contribution in [3.63, 3.8) is 0 Å². The van der Waals surface area contributed by atoms with Gasteiger partial charge in [0.05, 0.1) is 12.5 Å². The van der Waals surface area contributed by atoms with E-state index >= 15 is 0 Å². The summed E-state index contributed by atoms with van der Waals surface area (Å²) in [5.74, 6) is -0.0145. The minimum atomic E-state index is -0.153. The lowest BCUT2D eigenvalue weighted by Crippen LogP contribution is -2.43. The van der Waals surface area contributed by atoms with E-state index in [-0.39, 0.29) is 29.7 Å². The second-order valence-corrected chi connectivity index (χ2v) is 7.78. The molecule has 1 aromatic rings. The van der Waals surface area contributed by atoms with Gasteiger partial charge in [-0.2, -0.15) is 0 Å². The predicted octanol–water partition coefficient (Wildman–Crippen LogP) is 2.62. The van der Waals surface area contributed by atoms with E-state index in [2.05, 4.69) is 5.32 Å². The smallest absolute Gasteiger partial charge is 0.317 e. The van der Waals surface area contributed by atoms with E-state index in [0.29, 0.717) is 44.6 Å². The molecule has 1 atom stereocenters. The summed E-state index contributed by atoms with van der Waals surface area (Å²) < 4.78 is 5.10. The molecule has 0 aromatic heterocycles. The number of esters is 1. The first-order chi connectivity index (χ1) is 14.0. The molecule has 0 radical (unpaired) electrons. The fraction of sp³-hybridized carbons (Fsp3) is 0.591. The quantitative estimate of drug-likeness (QED) is 0.787. The van der Waals surface area contributed by atoms with Crippen LogP contribution in [0.25, 0.3) is 0 Å². The van der Waals surface area contributed by atoms with Crippen molar-refractivity contribution in [3.05, 3.63) is 35.4 Å². The first-order valence-corrected chi connectivity index (χ1v) is 10.6. The zero-order valence-electron chi connectivity index (χ0n) is 17.4. The van der Waals surface area contributed by atoms with E-state index in [1.165, 1.54) is 0 Å². The Morgan fingerprint density at radius 1 is 1.10 bits per heavy atom. The van der Waals surface area contributed by atoms with Crippen molar-refractivity contribution in [2.24, 2.45) is 5.92 Å². The fourth-order valence-corrected chi connectivity index (χ4v) is 4.28. The van der Waals surface area contributed by atoms with Crippen LogP contribution in [0.2, 0.25) is 0 Å². The molecular weight excluding hydrogens is 370 g/mol. The molecule has 2 aliphatic rings. The van der Waals surface area contributed by atoms with Crippen molar-refractivity contribution in [3.8, 4) is 0 Å². The highest BCUT2D eigenvalue weighted by molar-refractivity contribution is 5.94. The number of nitrogens with zero attached hydrogens (tertiary/aromatic N) is 2. The Labute approximate surface area is 172 Å². The van der Waals surface area contributed by atoms with E-state index in [9.17, 15) is 14.4 Å². The third-order valence-electron chi connectivity index (χ3n) is 5.93. The Morgan fingerprint density at radius 3 is 2.55 bits per heavy atom. The largest absolute Gasteiger partial charge is 0.466 e. The molecule has 7 nitrogen and oxygen atoms in total. The molecule has 3 amide bonds. The van der Waals surface area contributed by atoms with Gasteiger partial charge in [0.2, 0.25) is 0 Å². The molecule has 158 valence electrons. The van der Waals surface area contributed by atoms with Crippen LogP contribution in [0.4, 0.5) is 4.79 Å². The summed E-state index contributed by atoms with van der Waals surface area (Å²) in [7, 11) is 1.65. The second-order valence-electron chi connectivity index (χ2n) is 7.78. The zero-order chi connectivity index (χ0) is 20.8. The molecule has 0 saturated carbocycles. The molecule has 29 heavy (non-hydrogen) atoms. The molecule has 2 saturated heterocycles. The van der Waals surface area contributed by atoms with Crippen molar-refractivity contribution < 1.29 is 19.1 Å². The normalized spacial score (nSPS) is 20.3. The third kappa shape index (κ3) is 5.08. The lowest BCUT2D eigenvalue weighted by Gasteiger charge is -2.33. The molecule has 1 N–H and O–H groups in total. The van der Waals surface area contributed by atoms with Gasteiger partial charge in [-0.3, -0.25) is 9.59 Å². The lowest BCUT2D eigenvalue weighted by atomic mass is 9.89. The number of amides is 3. The monoisotopic (exact) mass is 401 g/mol. The number of nitrogens with one attached hydrogen (secondary N) is 1. The summed E-state index contributed by atoms with van der Waals surface area (Å²) in [5.41, 5.74) is 1.78. The number of urea groups is 1. The molecule has 0 bridgehead atoms. The lowest BCUT2D eigenvalue weighted by molar-refractivity contribution is -0.149. The van der Waals surface area contributed by atoms with Crippen LogP contribution in [0.15, 0.2) is 24.3 Å². The van der Waals surface area contributed by atoms with Gasteiger partial charge in [-0.15, -0.1) is 0 Å². The average molecular weight is 402 g/mol. The highest BCUT2D eigenvalue weighted by atomic mass is 16.5. The molecule has 0 spiro atoms. The van der Waals surface area contributed by atoms with Crippen LogP contribution < -0.4 is 5.32 Å². The van der Waals surface area contributed by atoms with Crippen LogP contribution in [0, 0.1) is 5.92 Å². The Kier molecular flexibility index (Phi) is 7.12. The summed E-state index contributed by atoms with van der Waals surface area (Å²) in [6.07, 6.45) is 3.26. The molecule has 1 unspecified atom stereocenters. The maximum absolute atomic E-state index is 13.0. The molecule has 0 aliphatic carbocycles. The Bertz CT molecular complexity index is 743. The third-order valence-corrected chi connectivity index (χ3v) is 5.93. The van der Waals surface area contributed by atoms with Gasteiger partial charge >= 0.3 is 12.0 Å². The molecule has 1 aromatic carbocycles. The van der Waals surface area contributed by atoms with E-state index in [1.54, 1.807) is 7.05 Å². The highest BCUT2D eigenvalue weighted by Crippen LogP contribution is 2.28. The summed E-state index contributed by atoms with van der Waals surface area (Å²) in [6, 6.07) is 7.74. The first-order valence-electron chi connectivity index (χ1n) is 10.6. The number of piperidine rings is 2. The summed E-state index contributed by atoms with van der Waals surface area (Å²) >= 11 is 0. The number of likely N-dealkylation sites (tertiary alicyclic amines) is 2. The summed E-state index contributed by atoms with van der Waals surface area (Å²) in [6.45, 7) is 4.78. The van der Waals surface area contributed by atoms with Crippen LogP contribution in [-0.4, -0.2) is 67.5 Å². The number of hydrogen-bond acceptors (Lipinski definition) is 4. The SMILES string of the molecule is CCOC(=O)C1CCN(C(=O)c2cccc(C3CCCN(C(=O)NC)C3)c2)CC1. The van der Waals surface area contributed by atoms with Gasteiger partial charge in [0.1, 0.15) is 0 Å². The van der Waals surface area contributed by atoms with Gasteiger partial charge in [-0.1, -0.05) is 12.1 Å². The van der Waals surface area contributed by atoms with E-state index < -0.39 is 0 Å². The average Bonchev–Trinajstić information content (AvgIpc) is 2.78. The number of carbonyl (C=O) groups excluding carboxylic acids is 3. The van der Waals surface area contributed by atoms with Crippen molar-refractivity contribution in [1.29, 1.82) is 0 Å². The van der Waals surface area contributed by atoms with Crippen LogP contribution in [0.1, 0.15) is 54.4 Å². The topological polar surface area (TPSA) is 79.0 Å². The van der Waals surface area contributed by atoms with Gasteiger partial charge < -0.3 is 19.9 Å². The van der Waals surface area contributed by atoms with Gasteiger partial charge in [-0.05, 0) is 50.3 Å². The summed E-state index contributed by atoms with van der Waals surface area (Å²) in [4.78, 5) is 40.5. The van der Waals surface area contributed by atoms with Gasteiger partial charge in [0.25, 0.3) is 5.91 Å². The zero-order valence-corrected chi connectivity index (χ0v) is 17.4.